The lowest BCUT2D eigenvalue weighted by molar-refractivity contribution is 0.623. The van der Waals surface area contributed by atoms with Gasteiger partial charge in [0.2, 0.25) is 0 Å². The molecule has 132 heavy (non-hydrogen) atoms. The van der Waals surface area contributed by atoms with Crippen molar-refractivity contribution in [2.75, 3.05) is 0 Å². The first-order valence-corrected chi connectivity index (χ1v) is 51.1. The van der Waals surface area contributed by atoms with Crippen molar-refractivity contribution in [2.45, 2.75) is 368 Å². The third-order valence-corrected chi connectivity index (χ3v) is 29.8. The Morgan fingerprint density at radius 1 is 0.182 bits per heavy atom. The van der Waals surface area contributed by atoms with E-state index in [1.807, 2.05) is 37.2 Å². The fraction of sp³-hybridized carbons (Fsp3) is 0.488. The summed E-state index contributed by atoms with van der Waals surface area (Å²) >= 11 is 0. The molecule has 0 fully saturated rings. The van der Waals surface area contributed by atoms with Crippen LogP contribution in [0.2, 0.25) is 0 Å². The maximum absolute atomic E-state index is 4.53. The highest BCUT2D eigenvalue weighted by Crippen LogP contribution is 2.40. The van der Waals surface area contributed by atoms with Crippen molar-refractivity contribution >= 4 is 0 Å². The molecular formula is C123H159N9. The molecule has 0 amide bonds. The average molecular weight is 1760 g/mol. The molecule has 12 unspecified atom stereocenters. The number of nitrogens with zero attached hydrogens (tertiary/aromatic N) is 9. The summed E-state index contributed by atoms with van der Waals surface area (Å²) in [4.78, 5) is 39.7. The smallest absolute Gasteiger partial charge is 0.0466 e. The summed E-state index contributed by atoms with van der Waals surface area (Å²) in [6.45, 7) is 52.7. The van der Waals surface area contributed by atoms with Gasteiger partial charge in [-0.15, -0.1) is 0 Å². The molecule has 9 heteroatoms. The van der Waals surface area contributed by atoms with E-state index in [1.165, 1.54) is 288 Å². The van der Waals surface area contributed by atoms with Crippen LogP contribution in [0.1, 0.15) is 384 Å². The zero-order chi connectivity index (χ0) is 94.1. The monoisotopic (exact) mass is 1760 g/mol. The molecule has 0 saturated carbocycles. The van der Waals surface area contributed by atoms with E-state index in [9.17, 15) is 0 Å². The highest BCUT2D eigenvalue weighted by molar-refractivity contribution is 5.43. The summed E-state index contributed by atoms with van der Waals surface area (Å²) in [5.41, 5.74) is 50.2. The average Bonchev–Trinajstić information content (AvgIpc) is 1.67. The minimum atomic E-state index is 0.685. The van der Waals surface area contributed by atoms with E-state index in [2.05, 4.69) is 338 Å². The summed E-state index contributed by atoms with van der Waals surface area (Å²) < 4.78 is 0. The lowest BCUT2D eigenvalue weighted by Crippen LogP contribution is -1.93. The lowest BCUT2D eigenvalue weighted by atomic mass is 10.0. The van der Waals surface area contributed by atoms with Gasteiger partial charge in [0.1, 0.15) is 0 Å². The van der Waals surface area contributed by atoms with Crippen LogP contribution in [0.3, 0.4) is 0 Å². The predicted octanol–water partition coefficient (Wildman–Crippen LogP) is 29.8. The number of fused-ring (bicyclic) bond motifs is 12. The van der Waals surface area contributed by atoms with Gasteiger partial charge in [0, 0.05) is 106 Å². The number of aryl methyl sites for hydroxylation is 20. The van der Waals surface area contributed by atoms with Gasteiger partial charge >= 0.3 is 0 Å². The minimum Gasteiger partial charge on any atom is -0.261 e. The van der Waals surface area contributed by atoms with Crippen molar-refractivity contribution in [2.24, 2.45) is 23.7 Å². The Balaban J connectivity index is 0.000000122. The van der Waals surface area contributed by atoms with Gasteiger partial charge in [0.25, 0.3) is 0 Å². The maximum atomic E-state index is 4.53. The van der Waals surface area contributed by atoms with Gasteiger partial charge in [0.05, 0.1) is 0 Å². The molecule has 3 aromatic carbocycles. The molecule has 0 spiro atoms. The standard InChI is InChI=1S/3C11H14.9C10H13N/c1-8-3-6-11-9(2)4-5-10(11)7-8;1-8-3-5-10-6-4-9(2)11(10)7-8;1-8-3-4-10-6-9(2)7-11(10)5-8;1-7-3-9-4-8(2)6-11-10(9)5-7;1-7-3-9-5-8(2)11-6-10(9)4-7;1-7-3-6-10-9(7)5-4-8(2)11-10;1-7-3-5-9-6-4-8(2)11-10(7)9;1-7-5-9-8(2)3-4-10(9)11-6-7;1-7-5-9-4-3-8(2)10(9)11-6-7;1-7-5-9-4-3-8(2)11-10(9)6-7;1-7-3-4-9-6-11-8(2)5-10(7)9;1-7-3-4-9-5-8(2)11-6-10(7)9/h3,6-7,9H,4-5H2,1-2H3;3,5,7,9H,4,6H2,1-2H3;3-5,9H,6-7H2,1-2H3;4,6-7H,3,5H2,1-2H3;5-7H,3-4H2,1-2H3;4-5,7H,3,6H2,1-2H3;4,6-7H,3,5H2,1-2H3;2*5-6,8H,3-4H2,1-2H3;3-4,7H,5-6H2,1-2H3;2*5-7H,3-4H2,1-2H3. The molecule has 0 radical (unpaired) electrons. The molecule has 0 N–H and O–H groups in total. The van der Waals surface area contributed by atoms with Crippen LogP contribution in [-0.2, 0) is 103 Å². The first kappa shape index (κ1) is 99.5. The van der Waals surface area contributed by atoms with Gasteiger partial charge in [0.15, 0.2) is 0 Å². The summed E-state index contributed by atoms with van der Waals surface area (Å²) in [5, 5.41) is 0. The molecule has 12 aliphatic rings. The molecule has 24 rings (SSSR count). The van der Waals surface area contributed by atoms with Crippen molar-refractivity contribution in [3.05, 3.63) is 366 Å². The Kier molecular flexibility index (Phi) is 34.9. The van der Waals surface area contributed by atoms with E-state index in [1.54, 1.807) is 33.4 Å². The summed E-state index contributed by atoms with van der Waals surface area (Å²) in [5.74, 6) is 9.23. The largest absolute Gasteiger partial charge is 0.261 e. The van der Waals surface area contributed by atoms with E-state index in [0.29, 0.717) is 11.8 Å². The number of rotatable bonds is 0. The van der Waals surface area contributed by atoms with Crippen molar-refractivity contribution in [3.8, 4) is 0 Å². The van der Waals surface area contributed by atoms with E-state index in [-0.39, 0.29) is 0 Å². The second kappa shape index (κ2) is 46.3. The number of hydrogen-bond donors (Lipinski definition) is 0. The van der Waals surface area contributed by atoms with E-state index in [0.717, 1.165) is 93.3 Å². The lowest BCUT2D eigenvalue weighted by Gasteiger charge is -2.04. The molecule has 0 aliphatic heterocycles. The number of aromatic nitrogens is 9. The van der Waals surface area contributed by atoms with Crippen LogP contribution in [0.5, 0.6) is 0 Å². The molecule has 9 heterocycles. The van der Waals surface area contributed by atoms with Crippen LogP contribution in [-0.4, -0.2) is 44.9 Å². The van der Waals surface area contributed by atoms with Crippen molar-refractivity contribution in [1.82, 2.24) is 44.9 Å². The third-order valence-electron chi connectivity index (χ3n) is 29.8. The zero-order valence-corrected chi connectivity index (χ0v) is 85.5. The fourth-order valence-corrected chi connectivity index (χ4v) is 22.0. The van der Waals surface area contributed by atoms with E-state index in [4.69, 9.17) is 0 Å². The summed E-state index contributed by atoms with van der Waals surface area (Å²) in [6, 6.07) is 47.0. The molecular weight excluding hydrogens is 1600 g/mol. The van der Waals surface area contributed by atoms with Crippen LogP contribution in [0.15, 0.2) is 165 Å². The molecule has 12 aliphatic carbocycles. The van der Waals surface area contributed by atoms with Crippen LogP contribution in [0.25, 0.3) is 0 Å². The number of pyridine rings is 9. The topological polar surface area (TPSA) is 116 Å². The number of hydrogen-bond acceptors (Lipinski definition) is 9. The molecule has 12 atom stereocenters. The summed E-state index contributed by atoms with van der Waals surface area (Å²) in [7, 11) is 0. The highest BCUT2D eigenvalue weighted by Gasteiger charge is 2.28. The van der Waals surface area contributed by atoms with Crippen LogP contribution < -0.4 is 0 Å². The third kappa shape index (κ3) is 27.2. The normalized spacial score (nSPS) is 21.8. The predicted molar refractivity (Wildman–Crippen MR) is 554 cm³/mol. The maximum Gasteiger partial charge on any atom is 0.0466 e. The van der Waals surface area contributed by atoms with Gasteiger partial charge in [-0.25, -0.2) is 0 Å². The van der Waals surface area contributed by atoms with Gasteiger partial charge in [-0.1, -0.05) is 191 Å². The Morgan fingerprint density at radius 2 is 0.553 bits per heavy atom. The van der Waals surface area contributed by atoms with Crippen LogP contribution in [0, 0.1) is 107 Å². The van der Waals surface area contributed by atoms with Crippen molar-refractivity contribution < 1.29 is 0 Å². The van der Waals surface area contributed by atoms with E-state index < -0.39 is 0 Å². The minimum absolute atomic E-state index is 0.685. The van der Waals surface area contributed by atoms with Gasteiger partial charge in [-0.2, -0.15) is 0 Å². The zero-order valence-electron chi connectivity index (χ0n) is 85.5. The molecule has 9 aromatic heterocycles. The van der Waals surface area contributed by atoms with Crippen LogP contribution >= 0.6 is 0 Å². The molecule has 9 nitrogen and oxygen atoms in total. The Bertz CT molecular complexity index is 5170. The Hall–Kier alpha value is -9.99. The molecule has 696 valence electrons. The number of benzene rings is 3. The first-order chi connectivity index (χ1) is 63.2. The SMILES string of the molecule is Cc1cc2c(cn1)C(C)CC2.Cc1cc2c(cn1)CC(C)C2.Cc1cc2c(cn1)CCC2C.Cc1ccc2c(c1)C(C)CC2.Cc1ccc2c(c1)CC(C)C2.Cc1ccc2c(c1)CCC2C.Cc1ccc2c(n1)C(C)CC2.Cc1ccc2c(n1)CC(C)C2.Cc1ccc2c(n1)CCC2C.Cc1cnc2c(c1)C(C)CC2.Cc1cnc2c(c1)CC(C)C2.Cc1cnc2c(c1)CCC2C. The van der Waals surface area contributed by atoms with Gasteiger partial charge in [-0.3, -0.25) is 44.9 Å². The molecule has 0 bridgehead atoms. The second-order valence-electron chi connectivity index (χ2n) is 42.7. The van der Waals surface area contributed by atoms with Crippen molar-refractivity contribution in [1.29, 1.82) is 0 Å². The quantitative estimate of drug-likeness (QED) is 0.146. The van der Waals surface area contributed by atoms with Crippen LogP contribution in [0.4, 0.5) is 0 Å². The first-order valence-electron chi connectivity index (χ1n) is 51.1. The van der Waals surface area contributed by atoms with Gasteiger partial charge in [-0.05, 0) is 461 Å². The molecule has 12 aromatic rings. The highest BCUT2D eigenvalue weighted by atomic mass is 14.8. The Labute approximate surface area is 797 Å². The van der Waals surface area contributed by atoms with E-state index >= 15 is 0 Å². The Morgan fingerprint density at radius 3 is 1.23 bits per heavy atom. The van der Waals surface area contributed by atoms with Gasteiger partial charge < -0.3 is 0 Å². The van der Waals surface area contributed by atoms with Crippen molar-refractivity contribution in [3.63, 3.8) is 0 Å². The fourth-order valence-electron chi connectivity index (χ4n) is 22.0. The summed E-state index contributed by atoms with van der Waals surface area (Å²) in [6.07, 6.45) is 42.2. The molecule has 0 saturated heterocycles. The second-order valence-corrected chi connectivity index (χ2v) is 42.7.